The number of ether oxygens (including phenoxy) is 1. The van der Waals surface area contributed by atoms with Crippen LogP contribution in [0.4, 0.5) is 0 Å². The lowest BCUT2D eigenvalue weighted by Gasteiger charge is -2.21. The SMILES string of the molecule is CCCNC(c1cccc(Br)c1)c1c(OC)cnn1CC. The molecule has 2 aromatic rings. The number of rotatable bonds is 7. The van der Waals surface area contributed by atoms with Crippen LogP contribution in [0.15, 0.2) is 34.9 Å². The van der Waals surface area contributed by atoms with Gasteiger partial charge in [-0.2, -0.15) is 5.10 Å². The first-order valence-electron chi connectivity index (χ1n) is 7.29. The number of aromatic nitrogens is 2. The lowest BCUT2D eigenvalue weighted by atomic mass is 10.0. The molecule has 1 heterocycles. The molecule has 1 unspecified atom stereocenters. The van der Waals surface area contributed by atoms with Crippen molar-refractivity contribution < 1.29 is 4.74 Å². The van der Waals surface area contributed by atoms with Gasteiger partial charge in [0.1, 0.15) is 5.69 Å². The summed E-state index contributed by atoms with van der Waals surface area (Å²) in [4.78, 5) is 0. The molecule has 0 radical (unpaired) electrons. The Morgan fingerprint density at radius 3 is 2.81 bits per heavy atom. The Bertz CT molecular complexity index is 561. The van der Waals surface area contributed by atoms with Gasteiger partial charge in [0.25, 0.3) is 0 Å². The second-order valence-electron chi connectivity index (χ2n) is 4.86. The van der Waals surface area contributed by atoms with Crippen LogP contribution < -0.4 is 10.1 Å². The van der Waals surface area contributed by atoms with Crippen molar-refractivity contribution in [1.82, 2.24) is 15.1 Å². The molecule has 0 aliphatic carbocycles. The van der Waals surface area contributed by atoms with E-state index in [1.54, 1.807) is 13.3 Å². The normalized spacial score (nSPS) is 12.4. The van der Waals surface area contributed by atoms with Crippen molar-refractivity contribution in [2.24, 2.45) is 0 Å². The van der Waals surface area contributed by atoms with Gasteiger partial charge in [-0.1, -0.05) is 35.0 Å². The van der Waals surface area contributed by atoms with E-state index in [1.807, 2.05) is 10.7 Å². The number of benzene rings is 1. The van der Waals surface area contributed by atoms with E-state index in [4.69, 9.17) is 4.74 Å². The lowest BCUT2D eigenvalue weighted by Crippen LogP contribution is -2.26. The fourth-order valence-corrected chi connectivity index (χ4v) is 2.84. The molecule has 1 N–H and O–H groups in total. The quantitative estimate of drug-likeness (QED) is 0.825. The zero-order chi connectivity index (χ0) is 15.2. The molecule has 0 fully saturated rings. The van der Waals surface area contributed by atoms with Crippen molar-refractivity contribution in [3.05, 3.63) is 46.2 Å². The van der Waals surface area contributed by atoms with Gasteiger partial charge < -0.3 is 10.1 Å². The van der Waals surface area contributed by atoms with E-state index in [-0.39, 0.29) is 6.04 Å². The summed E-state index contributed by atoms with van der Waals surface area (Å²) in [5.74, 6) is 0.824. The topological polar surface area (TPSA) is 39.1 Å². The summed E-state index contributed by atoms with van der Waals surface area (Å²) in [5.41, 5.74) is 2.28. The van der Waals surface area contributed by atoms with Crippen LogP contribution in [0.3, 0.4) is 0 Å². The Labute approximate surface area is 134 Å². The molecular weight excluding hydrogens is 330 g/mol. The number of halogens is 1. The Balaban J connectivity index is 2.47. The second-order valence-corrected chi connectivity index (χ2v) is 5.77. The smallest absolute Gasteiger partial charge is 0.161 e. The number of aryl methyl sites for hydroxylation is 1. The summed E-state index contributed by atoms with van der Waals surface area (Å²) in [6.45, 7) is 6.01. The number of hydrogen-bond acceptors (Lipinski definition) is 3. The molecule has 1 aromatic carbocycles. The first-order chi connectivity index (χ1) is 10.2. The van der Waals surface area contributed by atoms with Gasteiger partial charge in [0.2, 0.25) is 0 Å². The highest BCUT2D eigenvalue weighted by Crippen LogP contribution is 2.31. The van der Waals surface area contributed by atoms with Crippen LogP contribution in [0.2, 0.25) is 0 Å². The molecule has 0 saturated heterocycles. The Kier molecular flexibility index (Phi) is 5.82. The van der Waals surface area contributed by atoms with Crippen LogP contribution >= 0.6 is 15.9 Å². The predicted molar refractivity (Wildman–Crippen MR) is 88.7 cm³/mol. The Morgan fingerprint density at radius 1 is 1.38 bits per heavy atom. The van der Waals surface area contributed by atoms with Crippen LogP contribution in [-0.4, -0.2) is 23.4 Å². The van der Waals surface area contributed by atoms with Gasteiger partial charge in [-0.3, -0.25) is 4.68 Å². The molecule has 0 bridgehead atoms. The van der Waals surface area contributed by atoms with Crippen LogP contribution in [0, 0.1) is 0 Å². The van der Waals surface area contributed by atoms with Crippen LogP contribution in [0.5, 0.6) is 5.75 Å². The summed E-state index contributed by atoms with van der Waals surface area (Å²) in [6.07, 6.45) is 2.87. The van der Waals surface area contributed by atoms with Crippen LogP contribution in [-0.2, 0) is 6.54 Å². The summed E-state index contributed by atoms with van der Waals surface area (Å²) < 4.78 is 8.57. The molecule has 0 aliphatic heterocycles. The molecule has 1 atom stereocenters. The monoisotopic (exact) mass is 351 g/mol. The van der Waals surface area contributed by atoms with Crippen LogP contribution in [0.1, 0.15) is 37.6 Å². The van der Waals surface area contributed by atoms with Gasteiger partial charge in [-0.25, -0.2) is 0 Å². The maximum absolute atomic E-state index is 5.51. The van der Waals surface area contributed by atoms with E-state index >= 15 is 0 Å². The number of nitrogens with zero attached hydrogens (tertiary/aromatic N) is 2. The predicted octanol–water partition coefficient (Wildman–Crippen LogP) is 3.76. The van der Waals surface area contributed by atoms with Crippen molar-refractivity contribution in [2.75, 3.05) is 13.7 Å². The van der Waals surface area contributed by atoms with Crippen molar-refractivity contribution in [1.29, 1.82) is 0 Å². The highest BCUT2D eigenvalue weighted by atomic mass is 79.9. The third kappa shape index (κ3) is 3.66. The molecule has 0 aliphatic rings. The minimum absolute atomic E-state index is 0.0693. The molecule has 4 nitrogen and oxygen atoms in total. The molecule has 0 saturated carbocycles. The molecule has 0 amide bonds. The average molecular weight is 352 g/mol. The van der Waals surface area contributed by atoms with E-state index in [2.05, 4.69) is 58.4 Å². The minimum atomic E-state index is 0.0693. The fraction of sp³-hybridized carbons (Fsp3) is 0.438. The van der Waals surface area contributed by atoms with Crippen molar-refractivity contribution in [3.63, 3.8) is 0 Å². The van der Waals surface area contributed by atoms with E-state index in [0.717, 1.165) is 35.4 Å². The molecule has 1 aromatic heterocycles. The highest BCUT2D eigenvalue weighted by molar-refractivity contribution is 9.10. The molecule has 0 spiro atoms. The van der Waals surface area contributed by atoms with E-state index in [1.165, 1.54) is 5.56 Å². The second kappa shape index (κ2) is 7.61. The van der Waals surface area contributed by atoms with Gasteiger partial charge in [-0.05, 0) is 37.6 Å². The van der Waals surface area contributed by atoms with E-state index in [9.17, 15) is 0 Å². The maximum Gasteiger partial charge on any atom is 0.161 e. The molecular formula is C16H22BrN3O. The van der Waals surface area contributed by atoms with E-state index in [0.29, 0.717) is 0 Å². The third-order valence-corrected chi connectivity index (χ3v) is 3.91. The zero-order valence-corrected chi connectivity index (χ0v) is 14.4. The Morgan fingerprint density at radius 2 is 2.19 bits per heavy atom. The van der Waals surface area contributed by atoms with Gasteiger partial charge in [0, 0.05) is 11.0 Å². The number of methoxy groups -OCH3 is 1. The van der Waals surface area contributed by atoms with Gasteiger partial charge in [-0.15, -0.1) is 0 Å². The highest BCUT2D eigenvalue weighted by Gasteiger charge is 2.22. The minimum Gasteiger partial charge on any atom is -0.493 e. The fourth-order valence-electron chi connectivity index (χ4n) is 2.43. The van der Waals surface area contributed by atoms with Gasteiger partial charge in [0.15, 0.2) is 5.75 Å². The van der Waals surface area contributed by atoms with Crippen molar-refractivity contribution in [3.8, 4) is 5.75 Å². The molecule has 5 heteroatoms. The largest absolute Gasteiger partial charge is 0.493 e. The summed E-state index contributed by atoms with van der Waals surface area (Å²) in [7, 11) is 1.69. The van der Waals surface area contributed by atoms with Gasteiger partial charge >= 0.3 is 0 Å². The first kappa shape index (κ1) is 16.0. The summed E-state index contributed by atoms with van der Waals surface area (Å²) >= 11 is 3.55. The Hall–Kier alpha value is -1.33. The third-order valence-electron chi connectivity index (χ3n) is 3.42. The van der Waals surface area contributed by atoms with Crippen LogP contribution in [0.25, 0.3) is 0 Å². The lowest BCUT2D eigenvalue weighted by molar-refractivity contribution is 0.398. The molecule has 21 heavy (non-hydrogen) atoms. The molecule has 114 valence electrons. The number of nitrogens with one attached hydrogen (secondary N) is 1. The maximum atomic E-state index is 5.51. The van der Waals surface area contributed by atoms with Gasteiger partial charge in [0.05, 0.1) is 19.3 Å². The summed E-state index contributed by atoms with van der Waals surface area (Å²) in [6, 6.07) is 8.43. The first-order valence-corrected chi connectivity index (χ1v) is 8.09. The number of hydrogen-bond donors (Lipinski definition) is 1. The van der Waals surface area contributed by atoms with E-state index < -0.39 is 0 Å². The van der Waals surface area contributed by atoms with Crippen molar-refractivity contribution in [2.45, 2.75) is 32.9 Å². The average Bonchev–Trinajstić information content (AvgIpc) is 2.91. The zero-order valence-electron chi connectivity index (χ0n) is 12.8. The standard InChI is InChI=1S/C16H22BrN3O/c1-4-9-18-15(12-7-6-8-13(17)10-12)16-14(21-3)11-19-20(16)5-2/h6-8,10-11,15,18H,4-5,9H2,1-3H3. The molecule has 2 rings (SSSR count). The summed E-state index contributed by atoms with van der Waals surface area (Å²) in [5, 5.41) is 8.03. The van der Waals surface area contributed by atoms with Crippen molar-refractivity contribution >= 4 is 15.9 Å².